The molecule has 1 aromatic rings. The fraction of sp³-hybridized carbons (Fsp3) is 0.500. The summed E-state index contributed by atoms with van der Waals surface area (Å²) in [5.74, 6) is 0. The van der Waals surface area contributed by atoms with Gasteiger partial charge in [0, 0.05) is 12.1 Å². The van der Waals surface area contributed by atoms with Crippen LogP contribution >= 0.6 is 0 Å². The topological polar surface area (TPSA) is 58.4 Å². The maximum Gasteiger partial charge on any atom is 0.318 e. The summed E-state index contributed by atoms with van der Waals surface area (Å²) < 4.78 is 0. The number of nitrogens with zero attached hydrogens (tertiary/aromatic N) is 1. The Morgan fingerprint density at radius 1 is 1.39 bits per heavy atom. The molecule has 1 atom stereocenters. The number of nitrogens with one attached hydrogen (secondary N) is 1. The van der Waals surface area contributed by atoms with Crippen LogP contribution in [-0.2, 0) is 0 Å². The number of hydrogen-bond donors (Lipinski definition) is 2. The van der Waals surface area contributed by atoms with Crippen LogP contribution < -0.4 is 11.1 Å². The van der Waals surface area contributed by atoms with Crippen LogP contribution in [0.25, 0.3) is 0 Å². The van der Waals surface area contributed by atoms with E-state index in [1.54, 1.807) is 0 Å². The molecule has 3 N–H and O–H groups in total. The highest BCUT2D eigenvalue weighted by atomic mass is 16.2. The minimum atomic E-state index is -0.192. The maximum atomic E-state index is 12.1. The first-order valence-corrected chi connectivity index (χ1v) is 6.38. The van der Waals surface area contributed by atoms with Crippen molar-refractivity contribution in [3.05, 3.63) is 35.9 Å². The van der Waals surface area contributed by atoms with Gasteiger partial charge >= 0.3 is 6.03 Å². The van der Waals surface area contributed by atoms with E-state index >= 15 is 0 Å². The van der Waals surface area contributed by atoms with Gasteiger partial charge in [0.1, 0.15) is 0 Å². The molecule has 1 aliphatic rings. The zero-order valence-corrected chi connectivity index (χ0v) is 11.0. The molecule has 0 aromatic heterocycles. The minimum absolute atomic E-state index is 0.00213. The van der Waals surface area contributed by atoms with Crippen molar-refractivity contribution in [2.45, 2.75) is 31.8 Å². The molecular formula is C14H21N3O. The molecule has 1 heterocycles. The lowest BCUT2D eigenvalue weighted by Gasteiger charge is -2.34. The van der Waals surface area contributed by atoms with Gasteiger partial charge in [0.2, 0.25) is 0 Å². The van der Waals surface area contributed by atoms with Crippen LogP contribution in [-0.4, -0.2) is 29.6 Å². The second kappa shape index (κ2) is 4.98. The standard InChI is InChI=1S/C14H21N3O/c1-14(2,8-9-15)17-10-12(16-13(17)18)11-6-4-3-5-7-11/h3-7,12H,8-10,15H2,1-2H3,(H,16,18). The highest BCUT2D eigenvalue weighted by molar-refractivity contribution is 5.78. The molecule has 1 aliphatic heterocycles. The molecule has 0 radical (unpaired) electrons. The maximum absolute atomic E-state index is 12.1. The van der Waals surface area contributed by atoms with Gasteiger partial charge in [0.05, 0.1) is 6.04 Å². The summed E-state index contributed by atoms with van der Waals surface area (Å²) in [4.78, 5) is 13.9. The van der Waals surface area contributed by atoms with E-state index in [0.717, 1.165) is 12.0 Å². The van der Waals surface area contributed by atoms with Gasteiger partial charge in [0.15, 0.2) is 0 Å². The van der Waals surface area contributed by atoms with Crippen LogP contribution in [0.1, 0.15) is 31.9 Å². The molecule has 2 rings (SSSR count). The van der Waals surface area contributed by atoms with E-state index in [1.807, 2.05) is 35.2 Å². The highest BCUT2D eigenvalue weighted by Gasteiger charge is 2.38. The number of amides is 2. The molecule has 0 aliphatic carbocycles. The normalized spacial score (nSPS) is 20.1. The molecule has 1 aromatic carbocycles. The van der Waals surface area contributed by atoms with Crippen molar-refractivity contribution in [3.8, 4) is 0 Å². The Balaban J connectivity index is 2.12. The van der Waals surface area contributed by atoms with Crippen molar-refractivity contribution in [2.75, 3.05) is 13.1 Å². The SMILES string of the molecule is CC(C)(CCN)N1CC(c2ccccc2)NC1=O. The van der Waals surface area contributed by atoms with Crippen molar-refractivity contribution in [1.29, 1.82) is 0 Å². The number of rotatable bonds is 4. The Morgan fingerprint density at radius 2 is 2.06 bits per heavy atom. The average Bonchev–Trinajstić information content (AvgIpc) is 2.73. The third-order valence-corrected chi connectivity index (χ3v) is 3.60. The van der Waals surface area contributed by atoms with Gasteiger partial charge < -0.3 is 16.0 Å². The monoisotopic (exact) mass is 247 g/mol. The van der Waals surface area contributed by atoms with Gasteiger partial charge in [-0.1, -0.05) is 30.3 Å². The number of nitrogens with two attached hydrogens (primary N) is 1. The summed E-state index contributed by atoms with van der Waals surface area (Å²) in [6.07, 6.45) is 0.807. The van der Waals surface area contributed by atoms with E-state index in [0.29, 0.717) is 13.1 Å². The Kier molecular flexibility index (Phi) is 3.57. The molecule has 2 amide bonds. The van der Waals surface area contributed by atoms with E-state index in [1.165, 1.54) is 0 Å². The van der Waals surface area contributed by atoms with Crippen LogP contribution in [0, 0.1) is 0 Å². The van der Waals surface area contributed by atoms with Crippen LogP contribution in [0.5, 0.6) is 0 Å². The Bertz CT molecular complexity index is 416. The summed E-state index contributed by atoms with van der Waals surface area (Å²) in [7, 11) is 0. The zero-order valence-electron chi connectivity index (χ0n) is 11.0. The van der Waals surface area contributed by atoms with Crippen LogP contribution in [0.4, 0.5) is 4.79 Å². The fourth-order valence-electron chi connectivity index (χ4n) is 2.42. The van der Waals surface area contributed by atoms with Gasteiger partial charge in [-0.15, -0.1) is 0 Å². The summed E-state index contributed by atoms with van der Waals surface area (Å²) in [5, 5.41) is 3.03. The minimum Gasteiger partial charge on any atom is -0.330 e. The second-order valence-corrected chi connectivity index (χ2v) is 5.37. The van der Waals surface area contributed by atoms with Gasteiger partial charge in [-0.2, -0.15) is 0 Å². The van der Waals surface area contributed by atoms with E-state index in [2.05, 4.69) is 19.2 Å². The Labute approximate surface area is 108 Å². The molecule has 98 valence electrons. The lowest BCUT2D eigenvalue weighted by molar-refractivity contribution is 0.153. The zero-order chi connectivity index (χ0) is 13.2. The predicted molar refractivity (Wildman–Crippen MR) is 72.2 cm³/mol. The smallest absolute Gasteiger partial charge is 0.318 e. The number of carbonyl (C=O) groups excluding carboxylic acids is 1. The van der Waals surface area contributed by atoms with E-state index in [-0.39, 0.29) is 17.6 Å². The van der Waals surface area contributed by atoms with Gasteiger partial charge in [-0.25, -0.2) is 4.79 Å². The van der Waals surface area contributed by atoms with Crippen molar-refractivity contribution < 1.29 is 4.79 Å². The average molecular weight is 247 g/mol. The number of urea groups is 1. The van der Waals surface area contributed by atoms with Crippen molar-refractivity contribution in [3.63, 3.8) is 0 Å². The van der Waals surface area contributed by atoms with Crippen molar-refractivity contribution in [2.24, 2.45) is 5.73 Å². The molecule has 0 saturated carbocycles. The molecule has 4 nitrogen and oxygen atoms in total. The molecular weight excluding hydrogens is 226 g/mol. The molecule has 1 fully saturated rings. The van der Waals surface area contributed by atoms with Crippen LogP contribution in [0.3, 0.4) is 0 Å². The fourth-order valence-corrected chi connectivity index (χ4v) is 2.42. The van der Waals surface area contributed by atoms with Crippen LogP contribution in [0.15, 0.2) is 30.3 Å². The third-order valence-electron chi connectivity index (χ3n) is 3.60. The molecule has 4 heteroatoms. The molecule has 1 saturated heterocycles. The summed E-state index contributed by atoms with van der Waals surface area (Å²) in [5.41, 5.74) is 6.57. The second-order valence-electron chi connectivity index (χ2n) is 5.37. The van der Waals surface area contributed by atoms with Gasteiger partial charge in [-0.3, -0.25) is 0 Å². The number of benzene rings is 1. The first-order valence-electron chi connectivity index (χ1n) is 6.38. The molecule has 18 heavy (non-hydrogen) atoms. The third kappa shape index (κ3) is 2.48. The van der Waals surface area contributed by atoms with Crippen molar-refractivity contribution in [1.82, 2.24) is 10.2 Å². The largest absolute Gasteiger partial charge is 0.330 e. The summed E-state index contributed by atoms with van der Waals surface area (Å²) in [6, 6.07) is 10.1. The van der Waals surface area contributed by atoms with Crippen LogP contribution in [0.2, 0.25) is 0 Å². The quantitative estimate of drug-likeness (QED) is 0.853. The molecule has 0 bridgehead atoms. The van der Waals surface area contributed by atoms with Gasteiger partial charge in [-0.05, 0) is 32.4 Å². The lowest BCUT2D eigenvalue weighted by atomic mass is 9.98. The van der Waals surface area contributed by atoms with E-state index in [9.17, 15) is 4.79 Å². The van der Waals surface area contributed by atoms with Crippen molar-refractivity contribution >= 4 is 6.03 Å². The Hall–Kier alpha value is -1.55. The Morgan fingerprint density at radius 3 is 2.67 bits per heavy atom. The summed E-state index contributed by atoms with van der Waals surface area (Å²) in [6.45, 7) is 5.42. The van der Waals surface area contributed by atoms with Gasteiger partial charge in [0.25, 0.3) is 0 Å². The number of hydrogen-bond acceptors (Lipinski definition) is 2. The van der Waals surface area contributed by atoms with E-state index < -0.39 is 0 Å². The highest BCUT2D eigenvalue weighted by Crippen LogP contribution is 2.27. The molecule has 0 spiro atoms. The summed E-state index contributed by atoms with van der Waals surface area (Å²) >= 11 is 0. The predicted octanol–water partition coefficient (Wildman–Crippen LogP) is 1.88. The lowest BCUT2D eigenvalue weighted by Crippen LogP contribution is -2.46. The first-order chi connectivity index (χ1) is 8.54. The van der Waals surface area contributed by atoms with E-state index in [4.69, 9.17) is 5.73 Å². The first kappa shape index (κ1) is 12.9. The molecule has 1 unspecified atom stereocenters. The number of carbonyl (C=O) groups is 1.